The van der Waals surface area contributed by atoms with Gasteiger partial charge in [-0.25, -0.2) is 0 Å². The summed E-state index contributed by atoms with van der Waals surface area (Å²) in [6, 6.07) is 6.21. The van der Waals surface area contributed by atoms with Crippen molar-refractivity contribution >= 4 is 11.9 Å². The van der Waals surface area contributed by atoms with Crippen LogP contribution in [0.5, 0.6) is 5.75 Å². The molecule has 3 rings (SSSR count). The second-order valence-electron chi connectivity index (χ2n) is 6.93. The maximum atomic E-state index is 11.4. The van der Waals surface area contributed by atoms with E-state index in [0.717, 1.165) is 24.2 Å². The smallest absolute Gasteiger partial charge is 0.305 e. The van der Waals surface area contributed by atoms with Crippen molar-refractivity contribution in [1.29, 1.82) is 0 Å². The Labute approximate surface area is 154 Å². The number of carbonyl (C=O) groups is 2. The minimum atomic E-state index is -0.249. The first-order valence-corrected chi connectivity index (χ1v) is 9.20. The molecule has 5 heteroatoms. The molecule has 0 radical (unpaired) electrons. The summed E-state index contributed by atoms with van der Waals surface area (Å²) in [6.07, 6.45) is 6.64. The lowest BCUT2D eigenvalue weighted by molar-refractivity contribution is -0.147. The van der Waals surface area contributed by atoms with Gasteiger partial charge in [0.15, 0.2) is 0 Å². The summed E-state index contributed by atoms with van der Waals surface area (Å²) >= 11 is 0. The van der Waals surface area contributed by atoms with Gasteiger partial charge in [0.25, 0.3) is 0 Å². The summed E-state index contributed by atoms with van der Waals surface area (Å²) in [6.45, 7) is 3.44. The number of esters is 2. The Kier molecular flexibility index (Phi) is 5.64. The third kappa shape index (κ3) is 3.62. The highest BCUT2D eigenvalue weighted by Crippen LogP contribution is 2.52. The largest absolute Gasteiger partial charge is 0.489 e. The molecule has 5 nitrogen and oxygen atoms in total. The number of ether oxygens (including phenoxy) is 3. The molecule has 140 valence electrons. The number of rotatable bonds is 6. The van der Waals surface area contributed by atoms with Gasteiger partial charge in [0, 0.05) is 37.2 Å². The second-order valence-corrected chi connectivity index (χ2v) is 6.93. The Balaban J connectivity index is 1.80. The third-order valence-corrected chi connectivity index (χ3v) is 5.25. The number of hydrogen-bond acceptors (Lipinski definition) is 5. The zero-order valence-electron chi connectivity index (χ0n) is 15.6. The van der Waals surface area contributed by atoms with Crippen LogP contribution in [0, 0.1) is 5.92 Å². The number of hydrogen-bond donors (Lipinski definition) is 0. The molecule has 1 aromatic rings. The number of fused-ring (bicyclic) bond motifs is 3. The molecule has 0 aromatic heterocycles. The fraction of sp³-hybridized carbons (Fsp3) is 0.524. The first-order valence-electron chi connectivity index (χ1n) is 9.20. The SMILES string of the molecule is C/C=C/[C@@H]1C2c3cccc(CCCC(=O)OC)c3O[C@H]2C[C@H]1OC(C)=O. The minimum absolute atomic E-state index is 0.0253. The molecule has 4 atom stereocenters. The van der Waals surface area contributed by atoms with Crippen LogP contribution in [0.25, 0.3) is 0 Å². The predicted octanol–water partition coefficient (Wildman–Crippen LogP) is 3.55. The van der Waals surface area contributed by atoms with Gasteiger partial charge < -0.3 is 14.2 Å². The Hall–Kier alpha value is -2.30. The number of methoxy groups -OCH3 is 1. The number of allylic oxidation sites excluding steroid dienone is 1. The fourth-order valence-electron chi connectivity index (χ4n) is 4.23. The standard InChI is InChI=1S/C21H26O5/c1-4-7-15-17(25-13(2)22)12-18-20(15)16-10-5-8-14(21(16)26-18)9-6-11-19(23)24-3/h4-5,7-8,10,15,17-18,20H,6,9,11-12H2,1-3H3/b7-4+/t15-,17+,18-,20?/m0/s1. The lowest BCUT2D eigenvalue weighted by Gasteiger charge is -2.20. The van der Waals surface area contributed by atoms with Crippen molar-refractivity contribution in [2.75, 3.05) is 7.11 Å². The van der Waals surface area contributed by atoms with E-state index in [4.69, 9.17) is 14.2 Å². The van der Waals surface area contributed by atoms with Crippen LogP contribution in [-0.4, -0.2) is 31.3 Å². The van der Waals surface area contributed by atoms with Gasteiger partial charge in [0.2, 0.25) is 0 Å². The highest BCUT2D eigenvalue weighted by Gasteiger charge is 2.50. The highest BCUT2D eigenvalue weighted by molar-refractivity contribution is 5.69. The van der Waals surface area contributed by atoms with Crippen LogP contribution >= 0.6 is 0 Å². The van der Waals surface area contributed by atoms with Crippen molar-refractivity contribution in [2.24, 2.45) is 5.92 Å². The van der Waals surface area contributed by atoms with Gasteiger partial charge in [-0.15, -0.1) is 0 Å². The van der Waals surface area contributed by atoms with Crippen LogP contribution in [0.15, 0.2) is 30.4 Å². The van der Waals surface area contributed by atoms with Gasteiger partial charge in [-0.3, -0.25) is 9.59 Å². The molecule has 1 aliphatic carbocycles. The van der Waals surface area contributed by atoms with E-state index >= 15 is 0 Å². The average Bonchev–Trinajstić information content (AvgIpc) is 3.12. The van der Waals surface area contributed by atoms with Crippen molar-refractivity contribution in [3.8, 4) is 5.75 Å². The Bertz CT molecular complexity index is 708. The van der Waals surface area contributed by atoms with Crippen LogP contribution in [-0.2, 0) is 25.5 Å². The predicted molar refractivity (Wildman–Crippen MR) is 97.0 cm³/mol. The van der Waals surface area contributed by atoms with Crippen LogP contribution in [0.1, 0.15) is 50.2 Å². The average molecular weight is 358 g/mol. The van der Waals surface area contributed by atoms with Crippen LogP contribution in [0.3, 0.4) is 0 Å². The van der Waals surface area contributed by atoms with E-state index in [1.165, 1.54) is 19.6 Å². The van der Waals surface area contributed by atoms with E-state index in [1.54, 1.807) is 0 Å². The van der Waals surface area contributed by atoms with Crippen LogP contribution < -0.4 is 4.74 Å². The Morgan fingerprint density at radius 1 is 1.35 bits per heavy atom. The first kappa shape index (κ1) is 18.5. The van der Waals surface area contributed by atoms with Crippen molar-refractivity contribution < 1.29 is 23.8 Å². The number of benzene rings is 1. The van der Waals surface area contributed by atoms with Crippen LogP contribution in [0.4, 0.5) is 0 Å². The molecule has 1 heterocycles. The molecular weight excluding hydrogens is 332 g/mol. The van der Waals surface area contributed by atoms with E-state index in [1.807, 2.05) is 19.1 Å². The molecule has 1 aromatic carbocycles. The zero-order chi connectivity index (χ0) is 18.7. The summed E-state index contributed by atoms with van der Waals surface area (Å²) in [5.41, 5.74) is 2.31. The van der Waals surface area contributed by atoms with Gasteiger partial charge in [-0.1, -0.05) is 30.4 Å². The van der Waals surface area contributed by atoms with Crippen LogP contribution in [0.2, 0.25) is 0 Å². The summed E-state index contributed by atoms with van der Waals surface area (Å²) < 4.78 is 16.5. The number of aryl methyl sites for hydroxylation is 1. The monoisotopic (exact) mass is 358 g/mol. The summed E-state index contributed by atoms with van der Waals surface area (Å²) in [5.74, 6) is 0.837. The first-order chi connectivity index (χ1) is 12.5. The Morgan fingerprint density at radius 3 is 2.85 bits per heavy atom. The third-order valence-electron chi connectivity index (χ3n) is 5.25. The van der Waals surface area contributed by atoms with Crippen molar-refractivity contribution in [3.05, 3.63) is 41.5 Å². The molecule has 0 N–H and O–H groups in total. The summed E-state index contributed by atoms with van der Waals surface area (Å²) in [5, 5.41) is 0. The molecule has 0 amide bonds. The van der Waals surface area contributed by atoms with Gasteiger partial charge in [-0.05, 0) is 25.3 Å². The maximum absolute atomic E-state index is 11.4. The fourth-order valence-corrected chi connectivity index (χ4v) is 4.23. The lowest BCUT2D eigenvalue weighted by atomic mass is 9.86. The van der Waals surface area contributed by atoms with Gasteiger partial charge in [0.1, 0.15) is 18.0 Å². The minimum Gasteiger partial charge on any atom is -0.489 e. The molecular formula is C21H26O5. The second kappa shape index (κ2) is 7.94. The number of carbonyl (C=O) groups excluding carboxylic acids is 2. The molecule has 26 heavy (non-hydrogen) atoms. The van der Waals surface area contributed by atoms with E-state index in [2.05, 4.69) is 18.2 Å². The maximum Gasteiger partial charge on any atom is 0.305 e. The zero-order valence-corrected chi connectivity index (χ0v) is 15.6. The van der Waals surface area contributed by atoms with Crippen molar-refractivity contribution in [2.45, 2.75) is 57.7 Å². The molecule has 1 saturated carbocycles. The quantitative estimate of drug-likeness (QED) is 0.575. The van der Waals surface area contributed by atoms with Crippen molar-refractivity contribution in [3.63, 3.8) is 0 Å². The molecule has 0 saturated heterocycles. The molecule has 0 bridgehead atoms. The van der Waals surface area contributed by atoms with Gasteiger partial charge in [0.05, 0.1) is 7.11 Å². The highest BCUT2D eigenvalue weighted by atomic mass is 16.5. The molecule has 2 aliphatic rings. The summed E-state index contributed by atoms with van der Waals surface area (Å²) in [4.78, 5) is 22.8. The van der Waals surface area contributed by atoms with Gasteiger partial charge >= 0.3 is 11.9 Å². The summed E-state index contributed by atoms with van der Waals surface area (Å²) in [7, 11) is 1.41. The van der Waals surface area contributed by atoms with E-state index in [9.17, 15) is 9.59 Å². The normalized spacial score (nSPS) is 26.3. The van der Waals surface area contributed by atoms with E-state index in [0.29, 0.717) is 12.8 Å². The van der Waals surface area contributed by atoms with E-state index < -0.39 is 0 Å². The molecule has 0 spiro atoms. The molecule has 1 aliphatic heterocycles. The van der Waals surface area contributed by atoms with Gasteiger partial charge in [-0.2, -0.15) is 0 Å². The Morgan fingerprint density at radius 2 is 2.15 bits per heavy atom. The lowest BCUT2D eigenvalue weighted by Crippen LogP contribution is -2.22. The number of para-hydroxylation sites is 1. The molecule has 1 unspecified atom stereocenters. The van der Waals surface area contributed by atoms with E-state index in [-0.39, 0.29) is 36.0 Å². The molecule has 1 fully saturated rings. The topological polar surface area (TPSA) is 61.8 Å². The van der Waals surface area contributed by atoms with Crippen molar-refractivity contribution in [1.82, 2.24) is 0 Å².